The van der Waals surface area contributed by atoms with Crippen LogP contribution >= 0.6 is 0 Å². The predicted molar refractivity (Wildman–Crippen MR) is 74.7 cm³/mol. The fourth-order valence-electron chi connectivity index (χ4n) is 2.15. The molecule has 0 amide bonds. The van der Waals surface area contributed by atoms with E-state index >= 15 is 0 Å². The molecule has 2 radical (unpaired) electrons. The van der Waals surface area contributed by atoms with Crippen LogP contribution in [0.2, 0.25) is 0 Å². The van der Waals surface area contributed by atoms with Crippen LogP contribution < -0.4 is 5.46 Å². The van der Waals surface area contributed by atoms with Gasteiger partial charge in [0.15, 0.2) is 0 Å². The summed E-state index contributed by atoms with van der Waals surface area (Å²) in [6.45, 7) is 0. The Hall–Kier alpha value is -2.09. The summed E-state index contributed by atoms with van der Waals surface area (Å²) in [5, 5.41) is 2.31. The van der Waals surface area contributed by atoms with Crippen molar-refractivity contribution in [2.45, 2.75) is 0 Å². The molecule has 0 N–H and O–H groups in total. The molecule has 3 rings (SSSR count). The number of hydrogen-bond acceptors (Lipinski definition) is 0. The van der Waals surface area contributed by atoms with Gasteiger partial charge in [0.2, 0.25) is 0 Å². The third-order valence-corrected chi connectivity index (χ3v) is 3.00. The predicted octanol–water partition coefficient (Wildman–Crippen LogP) is 3.44. The van der Waals surface area contributed by atoms with Gasteiger partial charge in [-0.1, -0.05) is 47.9 Å². The zero-order chi connectivity index (χ0) is 12.5. The monoisotopic (exact) mass is 232 g/mol. The third-order valence-electron chi connectivity index (χ3n) is 3.00. The number of rotatable bonds is 1. The van der Waals surface area contributed by atoms with E-state index in [1.807, 2.05) is 36.4 Å². The molecular weight excluding hydrogens is 222 g/mol. The highest BCUT2D eigenvalue weighted by molar-refractivity contribution is 6.32. The summed E-state index contributed by atoms with van der Waals surface area (Å²) in [6, 6.07) is 18.8. The van der Waals surface area contributed by atoms with Crippen molar-refractivity contribution in [2.75, 3.05) is 0 Å². The van der Waals surface area contributed by atoms with E-state index in [0.717, 1.165) is 16.5 Å². The van der Waals surface area contributed by atoms with Crippen LogP contribution in [0.15, 0.2) is 60.7 Å². The Morgan fingerprint density at radius 3 is 2.28 bits per heavy atom. The number of halogens is 1. The standard InChI is InChI=1S/C16H10BF/c17-15-8-14(9-16(18)10-15)13-6-5-11-3-1-2-4-12(11)7-13/h1-10H. The quantitative estimate of drug-likeness (QED) is 0.564. The van der Waals surface area contributed by atoms with Crippen molar-refractivity contribution in [3.05, 3.63) is 66.5 Å². The van der Waals surface area contributed by atoms with E-state index in [4.69, 9.17) is 7.85 Å². The van der Waals surface area contributed by atoms with E-state index in [0.29, 0.717) is 5.46 Å². The lowest BCUT2D eigenvalue weighted by Gasteiger charge is -2.06. The summed E-state index contributed by atoms with van der Waals surface area (Å²) in [5.74, 6) is -0.307. The van der Waals surface area contributed by atoms with Crippen LogP contribution in [0.3, 0.4) is 0 Å². The summed E-state index contributed by atoms with van der Waals surface area (Å²) in [7, 11) is 5.67. The molecule has 0 aliphatic carbocycles. The zero-order valence-corrected chi connectivity index (χ0v) is 9.73. The molecule has 0 unspecified atom stereocenters. The molecule has 2 heteroatoms. The van der Waals surface area contributed by atoms with Crippen LogP contribution in [-0.2, 0) is 0 Å². The van der Waals surface area contributed by atoms with Crippen molar-refractivity contribution in [3.63, 3.8) is 0 Å². The lowest BCUT2D eigenvalue weighted by Crippen LogP contribution is -2.02. The van der Waals surface area contributed by atoms with Crippen LogP contribution in [0.25, 0.3) is 21.9 Å². The van der Waals surface area contributed by atoms with Crippen LogP contribution in [0.5, 0.6) is 0 Å². The fraction of sp³-hybridized carbons (Fsp3) is 0. The molecular formula is C16H10BF. The minimum Gasteiger partial charge on any atom is -0.207 e. The maximum Gasteiger partial charge on any atom is 0.123 e. The summed E-state index contributed by atoms with van der Waals surface area (Å²) in [5.41, 5.74) is 2.22. The molecule has 0 saturated heterocycles. The highest BCUT2D eigenvalue weighted by Crippen LogP contribution is 2.24. The van der Waals surface area contributed by atoms with E-state index in [1.165, 1.54) is 17.5 Å². The van der Waals surface area contributed by atoms with Crippen molar-refractivity contribution < 1.29 is 4.39 Å². The molecule has 0 spiro atoms. The van der Waals surface area contributed by atoms with Crippen molar-refractivity contribution in [1.29, 1.82) is 0 Å². The average Bonchev–Trinajstić information content (AvgIpc) is 2.37. The summed E-state index contributed by atoms with van der Waals surface area (Å²) < 4.78 is 13.3. The molecule has 0 saturated carbocycles. The molecule has 3 aromatic carbocycles. The molecule has 0 aliphatic rings. The van der Waals surface area contributed by atoms with E-state index < -0.39 is 0 Å². The van der Waals surface area contributed by atoms with Crippen LogP contribution in [-0.4, -0.2) is 7.85 Å². The van der Waals surface area contributed by atoms with Gasteiger partial charge in [-0.25, -0.2) is 4.39 Å². The van der Waals surface area contributed by atoms with Crippen molar-refractivity contribution in [3.8, 4) is 11.1 Å². The van der Waals surface area contributed by atoms with Gasteiger partial charge in [-0.3, -0.25) is 0 Å². The summed E-state index contributed by atoms with van der Waals surface area (Å²) in [6.07, 6.45) is 0. The smallest absolute Gasteiger partial charge is 0.123 e. The molecule has 0 aromatic heterocycles. The minimum absolute atomic E-state index is 0.307. The maximum absolute atomic E-state index is 13.3. The summed E-state index contributed by atoms with van der Waals surface area (Å²) in [4.78, 5) is 0. The first-order valence-corrected chi connectivity index (χ1v) is 5.78. The minimum atomic E-state index is -0.307. The van der Waals surface area contributed by atoms with Gasteiger partial charge in [-0.05, 0) is 40.1 Å². The number of fused-ring (bicyclic) bond motifs is 1. The molecule has 84 valence electrons. The Kier molecular flexibility index (Phi) is 2.64. The molecule has 0 atom stereocenters. The summed E-state index contributed by atoms with van der Waals surface area (Å²) >= 11 is 0. The Bertz CT molecular complexity index is 699. The van der Waals surface area contributed by atoms with Gasteiger partial charge in [-0.15, -0.1) is 0 Å². The topological polar surface area (TPSA) is 0 Å². The SMILES string of the molecule is [B]c1cc(F)cc(-c2ccc3ccccc3c2)c1. The van der Waals surface area contributed by atoms with E-state index in [2.05, 4.69) is 6.07 Å². The molecule has 0 bridgehead atoms. The Morgan fingerprint density at radius 2 is 1.50 bits per heavy atom. The molecule has 0 heterocycles. The van der Waals surface area contributed by atoms with Gasteiger partial charge in [0.1, 0.15) is 13.7 Å². The van der Waals surface area contributed by atoms with E-state index in [9.17, 15) is 4.39 Å². The van der Waals surface area contributed by atoms with Gasteiger partial charge in [-0.2, -0.15) is 0 Å². The van der Waals surface area contributed by atoms with Gasteiger partial charge >= 0.3 is 0 Å². The normalized spacial score (nSPS) is 10.7. The van der Waals surface area contributed by atoms with Gasteiger partial charge in [0.05, 0.1) is 0 Å². The Balaban J connectivity index is 2.19. The van der Waals surface area contributed by atoms with Gasteiger partial charge < -0.3 is 0 Å². The zero-order valence-electron chi connectivity index (χ0n) is 9.73. The van der Waals surface area contributed by atoms with Crippen LogP contribution in [0.1, 0.15) is 0 Å². The maximum atomic E-state index is 13.3. The van der Waals surface area contributed by atoms with Crippen molar-refractivity contribution in [2.24, 2.45) is 0 Å². The first kappa shape index (κ1) is 11.0. The first-order chi connectivity index (χ1) is 8.72. The fourth-order valence-corrected chi connectivity index (χ4v) is 2.15. The molecule has 18 heavy (non-hydrogen) atoms. The second-order valence-corrected chi connectivity index (χ2v) is 4.34. The third kappa shape index (κ3) is 2.02. The highest BCUT2D eigenvalue weighted by atomic mass is 19.1. The lowest BCUT2D eigenvalue weighted by molar-refractivity contribution is 0.629. The first-order valence-electron chi connectivity index (χ1n) is 5.78. The average molecular weight is 232 g/mol. The van der Waals surface area contributed by atoms with Crippen LogP contribution in [0.4, 0.5) is 4.39 Å². The van der Waals surface area contributed by atoms with E-state index in [-0.39, 0.29) is 5.82 Å². The molecule has 3 aromatic rings. The van der Waals surface area contributed by atoms with E-state index in [1.54, 1.807) is 6.07 Å². The van der Waals surface area contributed by atoms with Gasteiger partial charge in [0, 0.05) is 0 Å². The second kappa shape index (κ2) is 4.30. The van der Waals surface area contributed by atoms with Crippen molar-refractivity contribution >= 4 is 24.1 Å². The lowest BCUT2D eigenvalue weighted by atomic mass is 9.91. The Labute approximate surface area is 106 Å². The van der Waals surface area contributed by atoms with Gasteiger partial charge in [0.25, 0.3) is 0 Å². The van der Waals surface area contributed by atoms with Crippen LogP contribution in [0, 0.1) is 5.82 Å². The highest BCUT2D eigenvalue weighted by Gasteiger charge is 2.02. The van der Waals surface area contributed by atoms with Crippen molar-refractivity contribution in [1.82, 2.24) is 0 Å². The molecule has 0 aliphatic heterocycles. The molecule has 0 fully saturated rings. The second-order valence-electron chi connectivity index (χ2n) is 4.34. The number of benzene rings is 3. The Morgan fingerprint density at radius 1 is 0.722 bits per heavy atom. The molecule has 0 nitrogen and oxygen atoms in total. The number of hydrogen-bond donors (Lipinski definition) is 0. The largest absolute Gasteiger partial charge is 0.207 e.